The fourth-order valence-electron chi connectivity index (χ4n) is 2.89. The summed E-state index contributed by atoms with van der Waals surface area (Å²) in [6.45, 7) is 2.77. The van der Waals surface area contributed by atoms with Crippen molar-refractivity contribution in [3.05, 3.63) is 30.3 Å². The smallest absolute Gasteiger partial charge is 0.246 e. The Morgan fingerprint density at radius 1 is 1.24 bits per heavy atom. The van der Waals surface area contributed by atoms with E-state index in [9.17, 15) is 9.59 Å². The van der Waals surface area contributed by atoms with Crippen molar-refractivity contribution in [2.24, 2.45) is 5.92 Å². The van der Waals surface area contributed by atoms with Crippen LogP contribution in [0.5, 0.6) is 0 Å². The van der Waals surface area contributed by atoms with E-state index in [1.54, 1.807) is 9.80 Å². The molecule has 2 amide bonds. The van der Waals surface area contributed by atoms with E-state index in [1.807, 2.05) is 30.3 Å². The lowest BCUT2D eigenvalue weighted by atomic mass is 10.0. The quantitative estimate of drug-likeness (QED) is 0.842. The minimum absolute atomic E-state index is 0.0107. The summed E-state index contributed by atoms with van der Waals surface area (Å²) in [7, 11) is 0. The van der Waals surface area contributed by atoms with Crippen molar-refractivity contribution < 1.29 is 14.3 Å². The SMILES string of the molecule is O=C(C[C@@H]1CCOC1)N1CCN(c2ccccc2)C(=O)C1. The van der Waals surface area contributed by atoms with Crippen LogP contribution in [0.15, 0.2) is 30.3 Å². The van der Waals surface area contributed by atoms with Gasteiger partial charge in [0.05, 0.1) is 0 Å². The fraction of sp³-hybridized carbons (Fsp3) is 0.500. The van der Waals surface area contributed by atoms with Crippen LogP contribution in [0.1, 0.15) is 12.8 Å². The highest BCUT2D eigenvalue weighted by molar-refractivity contribution is 5.97. The number of rotatable bonds is 3. The molecule has 1 aromatic rings. The van der Waals surface area contributed by atoms with Crippen LogP contribution in [-0.2, 0) is 14.3 Å². The highest BCUT2D eigenvalue weighted by Gasteiger charge is 2.29. The molecule has 0 radical (unpaired) electrons. The Labute approximate surface area is 124 Å². The van der Waals surface area contributed by atoms with E-state index in [0.717, 1.165) is 18.7 Å². The summed E-state index contributed by atoms with van der Waals surface area (Å²) in [6.07, 6.45) is 1.45. The van der Waals surface area contributed by atoms with E-state index < -0.39 is 0 Å². The molecule has 2 heterocycles. The van der Waals surface area contributed by atoms with E-state index in [-0.39, 0.29) is 18.4 Å². The van der Waals surface area contributed by atoms with Crippen LogP contribution in [0.2, 0.25) is 0 Å². The highest BCUT2D eigenvalue weighted by atomic mass is 16.5. The number of nitrogens with zero attached hydrogens (tertiary/aromatic N) is 2. The van der Waals surface area contributed by atoms with Gasteiger partial charge in [-0.25, -0.2) is 0 Å². The maximum absolute atomic E-state index is 12.3. The molecule has 0 aliphatic carbocycles. The van der Waals surface area contributed by atoms with Crippen LogP contribution in [0.3, 0.4) is 0 Å². The molecule has 0 spiro atoms. The molecule has 112 valence electrons. The first-order chi connectivity index (χ1) is 10.2. The average molecular weight is 288 g/mol. The Bertz CT molecular complexity index is 512. The predicted molar refractivity (Wildman–Crippen MR) is 78.9 cm³/mol. The second kappa shape index (κ2) is 6.26. The lowest BCUT2D eigenvalue weighted by Gasteiger charge is -2.34. The minimum Gasteiger partial charge on any atom is -0.381 e. The predicted octanol–water partition coefficient (Wildman–Crippen LogP) is 1.29. The third-order valence-electron chi connectivity index (χ3n) is 4.13. The van der Waals surface area contributed by atoms with Gasteiger partial charge in [0.25, 0.3) is 0 Å². The van der Waals surface area contributed by atoms with Crippen molar-refractivity contribution in [1.29, 1.82) is 0 Å². The summed E-state index contributed by atoms with van der Waals surface area (Å²) < 4.78 is 5.30. The summed E-state index contributed by atoms with van der Waals surface area (Å²) >= 11 is 0. The number of piperazine rings is 1. The van der Waals surface area contributed by atoms with E-state index >= 15 is 0 Å². The Balaban J connectivity index is 1.57. The molecular weight excluding hydrogens is 268 g/mol. The summed E-state index contributed by atoms with van der Waals surface area (Å²) in [5.41, 5.74) is 0.902. The Morgan fingerprint density at radius 2 is 2.05 bits per heavy atom. The number of hydrogen-bond acceptors (Lipinski definition) is 3. The van der Waals surface area contributed by atoms with Crippen molar-refractivity contribution >= 4 is 17.5 Å². The van der Waals surface area contributed by atoms with Crippen molar-refractivity contribution in [2.45, 2.75) is 12.8 Å². The van der Waals surface area contributed by atoms with E-state index in [0.29, 0.717) is 32.0 Å². The summed E-state index contributed by atoms with van der Waals surface area (Å²) in [6, 6.07) is 9.61. The zero-order valence-corrected chi connectivity index (χ0v) is 12.0. The van der Waals surface area contributed by atoms with Gasteiger partial charge in [0, 0.05) is 38.4 Å². The van der Waals surface area contributed by atoms with Gasteiger partial charge in [-0.05, 0) is 24.5 Å². The number of ether oxygens (including phenoxy) is 1. The van der Waals surface area contributed by atoms with Gasteiger partial charge in [0.1, 0.15) is 6.54 Å². The number of benzene rings is 1. The molecule has 0 aromatic heterocycles. The van der Waals surface area contributed by atoms with Crippen LogP contribution in [-0.4, -0.2) is 49.6 Å². The van der Waals surface area contributed by atoms with Crippen molar-refractivity contribution in [1.82, 2.24) is 4.90 Å². The van der Waals surface area contributed by atoms with Crippen LogP contribution in [0.25, 0.3) is 0 Å². The topological polar surface area (TPSA) is 49.9 Å². The normalized spacial score (nSPS) is 22.7. The lowest BCUT2D eigenvalue weighted by Crippen LogP contribution is -2.52. The molecule has 5 heteroatoms. The van der Waals surface area contributed by atoms with Crippen LogP contribution < -0.4 is 4.90 Å². The van der Waals surface area contributed by atoms with Crippen molar-refractivity contribution in [2.75, 3.05) is 37.7 Å². The Kier molecular flexibility index (Phi) is 4.20. The number of carbonyl (C=O) groups is 2. The first-order valence-corrected chi connectivity index (χ1v) is 7.45. The minimum atomic E-state index is -0.0107. The Hall–Kier alpha value is -1.88. The van der Waals surface area contributed by atoms with Crippen LogP contribution >= 0.6 is 0 Å². The molecule has 2 aliphatic rings. The number of carbonyl (C=O) groups excluding carboxylic acids is 2. The molecule has 0 bridgehead atoms. The van der Waals surface area contributed by atoms with Gasteiger partial charge >= 0.3 is 0 Å². The lowest BCUT2D eigenvalue weighted by molar-refractivity contribution is -0.137. The molecule has 3 rings (SSSR count). The first kappa shape index (κ1) is 14.1. The molecule has 2 saturated heterocycles. The first-order valence-electron chi connectivity index (χ1n) is 7.45. The molecule has 0 unspecified atom stereocenters. The van der Waals surface area contributed by atoms with Crippen LogP contribution in [0.4, 0.5) is 5.69 Å². The van der Waals surface area contributed by atoms with Gasteiger partial charge in [-0.3, -0.25) is 9.59 Å². The standard InChI is InChI=1S/C16H20N2O3/c19-15(10-13-6-9-21-12-13)17-7-8-18(16(20)11-17)14-4-2-1-3-5-14/h1-5,13H,6-12H2/t13-/m0/s1. The van der Waals surface area contributed by atoms with Gasteiger partial charge in [0.15, 0.2) is 0 Å². The highest BCUT2D eigenvalue weighted by Crippen LogP contribution is 2.20. The van der Waals surface area contributed by atoms with Crippen LogP contribution in [0, 0.1) is 5.92 Å². The van der Waals surface area contributed by atoms with Gasteiger partial charge in [-0.1, -0.05) is 18.2 Å². The second-order valence-corrected chi connectivity index (χ2v) is 5.63. The zero-order chi connectivity index (χ0) is 14.7. The molecule has 0 N–H and O–H groups in total. The van der Waals surface area contributed by atoms with E-state index in [4.69, 9.17) is 4.74 Å². The maximum atomic E-state index is 12.3. The van der Waals surface area contributed by atoms with Gasteiger partial charge in [-0.2, -0.15) is 0 Å². The molecule has 2 aliphatic heterocycles. The summed E-state index contributed by atoms with van der Waals surface area (Å²) in [5.74, 6) is 0.384. The largest absolute Gasteiger partial charge is 0.381 e. The number of para-hydroxylation sites is 1. The molecule has 5 nitrogen and oxygen atoms in total. The zero-order valence-electron chi connectivity index (χ0n) is 12.0. The summed E-state index contributed by atoms with van der Waals surface area (Å²) in [5, 5.41) is 0. The number of hydrogen-bond donors (Lipinski definition) is 0. The van der Waals surface area contributed by atoms with Crippen molar-refractivity contribution in [3.63, 3.8) is 0 Å². The molecule has 2 fully saturated rings. The summed E-state index contributed by atoms with van der Waals surface area (Å²) in [4.78, 5) is 27.9. The molecule has 1 atom stereocenters. The molecular formula is C16H20N2O3. The molecule has 0 saturated carbocycles. The van der Waals surface area contributed by atoms with Gasteiger partial charge < -0.3 is 14.5 Å². The van der Waals surface area contributed by atoms with Gasteiger partial charge in [-0.15, -0.1) is 0 Å². The van der Waals surface area contributed by atoms with Gasteiger partial charge in [0.2, 0.25) is 11.8 Å². The fourth-order valence-corrected chi connectivity index (χ4v) is 2.89. The van der Waals surface area contributed by atoms with E-state index in [2.05, 4.69) is 0 Å². The van der Waals surface area contributed by atoms with Crippen molar-refractivity contribution in [3.8, 4) is 0 Å². The average Bonchev–Trinajstić information content (AvgIpc) is 3.01. The number of anilines is 1. The number of amides is 2. The Morgan fingerprint density at radius 3 is 2.71 bits per heavy atom. The monoisotopic (exact) mass is 288 g/mol. The third kappa shape index (κ3) is 3.24. The third-order valence-corrected chi connectivity index (χ3v) is 4.13. The molecule has 21 heavy (non-hydrogen) atoms. The second-order valence-electron chi connectivity index (χ2n) is 5.63. The molecule has 1 aromatic carbocycles. The van der Waals surface area contributed by atoms with E-state index in [1.165, 1.54) is 0 Å². The maximum Gasteiger partial charge on any atom is 0.246 e.